The number of aromatic hydroxyl groups is 1. The van der Waals surface area contributed by atoms with Gasteiger partial charge in [-0.05, 0) is 54.8 Å². The van der Waals surface area contributed by atoms with E-state index in [0.29, 0.717) is 28.7 Å². The van der Waals surface area contributed by atoms with Crippen molar-refractivity contribution in [1.29, 1.82) is 0 Å². The zero-order valence-electron chi connectivity index (χ0n) is 18.6. The van der Waals surface area contributed by atoms with Gasteiger partial charge >= 0.3 is 11.6 Å². The Bertz CT molecular complexity index is 1440. The topological polar surface area (TPSA) is 142 Å². The summed E-state index contributed by atoms with van der Waals surface area (Å²) in [6.45, 7) is 3.43. The van der Waals surface area contributed by atoms with E-state index in [9.17, 15) is 24.6 Å². The Hall–Kier alpha value is -4.27. The van der Waals surface area contributed by atoms with Crippen molar-refractivity contribution < 1.29 is 29.0 Å². The van der Waals surface area contributed by atoms with Gasteiger partial charge in [0.15, 0.2) is 6.10 Å². The number of aromatic amines is 1. The number of amides is 1. The Labute approximate surface area is 194 Å². The molecule has 0 bridgehead atoms. The van der Waals surface area contributed by atoms with E-state index in [-0.39, 0.29) is 12.2 Å². The maximum atomic E-state index is 12.7. The summed E-state index contributed by atoms with van der Waals surface area (Å²) < 4.78 is 10.9. The molecular formula is C25H24N2O7. The number of aliphatic carboxylic acids is 1. The molecule has 0 saturated heterocycles. The summed E-state index contributed by atoms with van der Waals surface area (Å²) in [6.07, 6.45) is 1.32. The number of ether oxygens (including phenoxy) is 1. The van der Waals surface area contributed by atoms with Gasteiger partial charge in [0.1, 0.15) is 23.1 Å². The van der Waals surface area contributed by atoms with E-state index < -0.39 is 29.6 Å². The Kier molecular flexibility index (Phi) is 6.27. The Morgan fingerprint density at radius 3 is 2.65 bits per heavy atom. The van der Waals surface area contributed by atoms with Crippen molar-refractivity contribution in [2.45, 2.75) is 38.8 Å². The normalized spacial score (nSPS) is 13.0. The number of H-pyrrole nitrogens is 1. The van der Waals surface area contributed by atoms with Gasteiger partial charge in [0.25, 0.3) is 5.91 Å². The summed E-state index contributed by atoms with van der Waals surface area (Å²) >= 11 is 0. The highest BCUT2D eigenvalue weighted by Gasteiger charge is 2.25. The van der Waals surface area contributed by atoms with Crippen LogP contribution in [-0.2, 0) is 22.4 Å². The zero-order chi connectivity index (χ0) is 24.4. The van der Waals surface area contributed by atoms with Gasteiger partial charge in [-0.2, -0.15) is 0 Å². The number of carboxylic acid groups (broad SMARTS) is 1. The zero-order valence-corrected chi connectivity index (χ0v) is 18.6. The molecule has 0 aliphatic rings. The Morgan fingerprint density at radius 2 is 1.91 bits per heavy atom. The number of rotatable bonds is 8. The monoisotopic (exact) mass is 464 g/mol. The van der Waals surface area contributed by atoms with Crippen molar-refractivity contribution >= 4 is 33.7 Å². The van der Waals surface area contributed by atoms with Crippen LogP contribution in [0.15, 0.2) is 57.9 Å². The van der Waals surface area contributed by atoms with Gasteiger partial charge in [-0.25, -0.2) is 9.59 Å². The van der Waals surface area contributed by atoms with Crippen molar-refractivity contribution in [3.8, 4) is 11.5 Å². The fourth-order valence-corrected chi connectivity index (χ4v) is 3.88. The highest BCUT2D eigenvalue weighted by molar-refractivity contribution is 5.89. The molecule has 9 nitrogen and oxygen atoms in total. The molecule has 34 heavy (non-hydrogen) atoms. The highest BCUT2D eigenvalue weighted by Crippen LogP contribution is 2.25. The predicted molar refractivity (Wildman–Crippen MR) is 125 cm³/mol. The third-order valence-corrected chi connectivity index (χ3v) is 5.65. The van der Waals surface area contributed by atoms with Gasteiger partial charge in [-0.3, -0.25) is 4.79 Å². The van der Waals surface area contributed by atoms with Crippen LogP contribution in [0.2, 0.25) is 0 Å². The first-order valence-electron chi connectivity index (χ1n) is 10.8. The molecule has 0 unspecified atom stereocenters. The number of hydrogen-bond donors (Lipinski definition) is 4. The maximum absolute atomic E-state index is 12.7. The van der Waals surface area contributed by atoms with Crippen molar-refractivity contribution in [1.82, 2.24) is 10.3 Å². The van der Waals surface area contributed by atoms with E-state index in [0.717, 1.165) is 16.5 Å². The summed E-state index contributed by atoms with van der Waals surface area (Å²) in [4.78, 5) is 39.3. The largest absolute Gasteiger partial charge is 0.508 e. The van der Waals surface area contributed by atoms with Crippen molar-refractivity contribution in [2.24, 2.45) is 0 Å². The third-order valence-electron chi connectivity index (χ3n) is 5.65. The predicted octanol–water partition coefficient (Wildman–Crippen LogP) is 3.12. The summed E-state index contributed by atoms with van der Waals surface area (Å²) in [5, 5.41) is 23.4. The van der Waals surface area contributed by atoms with Crippen LogP contribution in [0.4, 0.5) is 0 Å². The molecule has 9 heteroatoms. The van der Waals surface area contributed by atoms with E-state index in [4.69, 9.17) is 9.15 Å². The quantitative estimate of drug-likeness (QED) is 0.294. The lowest BCUT2D eigenvalue weighted by Gasteiger charge is -2.19. The molecule has 2 aromatic carbocycles. The van der Waals surface area contributed by atoms with Crippen LogP contribution in [0, 0.1) is 0 Å². The second kappa shape index (κ2) is 9.30. The molecule has 0 aliphatic carbocycles. The number of aryl methyl sites for hydroxylation is 1. The van der Waals surface area contributed by atoms with Crippen LogP contribution in [0.1, 0.15) is 25.0 Å². The molecule has 2 atom stereocenters. The van der Waals surface area contributed by atoms with Crippen molar-refractivity contribution in [3.63, 3.8) is 0 Å². The number of hydrogen-bond acceptors (Lipinski definition) is 6. The van der Waals surface area contributed by atoms with Crippen LogP contribution < -0.4 is 15.7 Å². The lowest BCUT2D eigenvalue weighted by Crippen LogP contribution is -2.47. The van der Waals surface area contributed by atoms with Gasteiger partial charge in [-0.15, -0.1) is 0 Å². The summed E-state index contributed by atoms with van der Waals surface area (Å²) in [5.41, 5.74) is 2.11. The number of aromatic nitrogens is 1. The maximum Gasteiger partial charge on any atom is 0.336 e. The fourth-order valence-electron chi connectivity index (χ4n) is 3.88. The molecule has 2 heterocycles. The van der Waals surface area contributed by atoms with Gasteiger partial charge in [-0.1, -0.05) is 6.92 Å². The number of carbonyl (C=O) groups excluding carboxylic acids is 1. The first-order chi connectivity index (χ1) is 16.2. The lowest BCUT2D eigenvalue weighted by atomic mass is 10.0. The van der Waals surface area contributed by atoms with E-state index in [1.54, 1.807) is 24.4 Å². The molecule has 0 saturated carbocycles. The fraction of sp³-hybridized carbons (Fsp3) is 0.240. The number of benzene rings is 2. The van der Waals surface area contributed by atoms with Crippen molar-refractivity contribution in [2.75, 3.05) is 0 Å². The molecule has 4 aromatic rings. The number of phenols is 1. The third kappa shape index (κ3) is 4.73. The Morgan fingerprint density at radius 1 is 1.12 bits per heavy atom. The minimum Gasteiger partial charge on any atom is -0.508 e. The van der Waals surface area contributed by atoms with Crippen LogP contribution in [0.5, 0.6) is 11.5 Å². The summed E-state index contributed by atoms with van der Waals surface area (Å²) in [7, 11) is 0. The first-order valence-corrected chi connectivity index (χ1v) is 10.8. The highest BCUT2D eigenvalue weighted by atomic mass is 16.5. The van der Waals surface area contributed by atoms with Crippen LogP contribution in [0.3, 0.4) is 0 Å². The number of fused-ring (bicyclic) bond motifs is 2. The molecule has 176 valence electrons. The molecule has 2 aromatic heterocycles. The van der Waals surface area contributed by atoms with E-state index in [1.807, 2.05) is 6.92 Å². The van der Waals surface area contributed by atoms with Gasteiger partial charge in [0.2, 0.25) is 0 Å². The molecule has 1 amide bonds. The van der Waals surface area contributed by atoms with E-state index in [2.05, 4.69) is 10.3 Å². The van der Waals surface area contributed by atoms with Gasteiger partial charge < -0.3 is 29.7 Å². The minimum absolute atomic E-state index is 0.0121. The second-order valence-corrected chi connectivity index (χ2v) is 8.01. The molecule has 0 fully saturated rings. The second-order valence-electron chi connectivity index (χ2n) is 8.01. The summed E-state index contributed by atoms with van der Waals surface area (Å²) in [6, 6.07) is 9.94. The molecule has 4 N–H and O–H groups in total. The average Bonchev–Trinajstić information content (AvgIpc) is 3.19. The van der Waals surface area contributed by atoms with Gasteiger partial charge in [0, 0.05) is 41.0 Å². The van der Waals surface area contributed by atoms with Crippen LogP contribution in [-0.4, -0.2) is 39.2 Å². The molecular weight excluding hydrogens is 440 g/mol. The van der Waals surface area contributed by atoms with Crippen molar-refractivity contribution in [3.05, 3.63) is 70.2 Å². The van der Waals surface area contributed by atoms with Gasteiger partial charge in [0.05, 0.1) is 0 Å². The number of carbonyl (C=O) groups is 2. The van der Waals surface area contributed by atoms with Crippen LogP contribution in [0.25, 0.3) is 21.9 Å². The Balaban J connectivity index is 1.48. The minimum atomic E-state index is -1.21. The van der Waals surface area contributed by atoms with Crippen LogP contribution >= 0.6 is 0 Å². The van der Waals surface area contributed by atoms with E-state index in [1.165, 1.54) is 31.2 Å². The number of nitrogens with one attached hydrogen (secondary N) is 2. The average molecular weight is 464 g/mol. The summed E-state index contributed by atoms with van der Waals surface area (Å²) in [5.74, 6) is -1.44. The number of phenolic OH excluding ortho intramolecular Hbond substituents is 1. The molecule has 4 rings (SSSR count). The van der Waals surface area contributed by atoms with E-state index >= 15 is 0 Å². The first kappa shape index (κ1) is 22.9. The molecule has 0 spiro atoms. The lowest BCUT2D eigenvalue weighted by molar-refractivity contribution is -0.142. The number of carboxylic acids is 1. The molecule has 0 radical (unpaired) electrons. The smallest absolute Gasteiger partial charge is 0.336 e. The standard InChI is InChI=1S/C25H24N2O7/c1-3-14-9-23(29)34-22-11-17(5-6-18(14)22)33-13(2)24(30)27-21(25(31)32)8-15-12-26-20-7-4-16(28)10-19(15)20/h4-7,9-13,21,26,28H,3,8H2,1-2H3,(H,27,30)(H,31,32)/t13-,21-/m0/s1. The SMILES string of the molecule is CCc1cc(=O)oc2cc(O[C@@H](C)C(=O)N[C@@H](Cc3c[nH]c4ccc(O)cc34)C(=O)O)ccc12. The molecule has 0 aliphatic heterocycles.